The molecule has 0 aliphatic heterocycles. The number of phenolic OH excluding ortho intramolecular Hbond substituents is 2. The van der Waals surface area contributed by atoms with Crippen LogP contribution in [-0.4, -0.2) is 23.3 Å². The zero-order chi connectivity index (χ0) is 25.3. The summed E-state index contributed by atoms with van der Waals surface area (Å²) in [7, 11) is 0. The van der Waals surface area contributed by atoms with E-state index in [1.54, 1.807) is 24.3 Å². The zero-order valence-corrected chi connectivity index (χ0v) is 19.3. The van der Waals surface area contributed by atoms with Gasteiger partial charge in [0.2, 0.25) is 0 Å². The molecule has 0 saturated carbocycles. The number of benzene rings is 4. The van der Waals surface area contributed by atoms with Gasteiger partial charge < -0.3 is 32.3 Å². The molecule has 0 aromatic heterocycles. The lowest BCUT2D eigenvalue weighted by atomic mass is 10.2. The fourth-order valence-corrected chi connectivity index (χ4v) is 3.18. The van der Waals surface area contributed by atoms with Crippen LogP contribution in [0.5, 0.6) is 11.5 Å². The fraction of sp³-hybridized carbons (Fsp3) is 0.0769. The summed E-state index contributed by atoms with van der Waals surface area (Å²) in [6, 6.07) is 24.4. The van der Waals surface area contributed by atoms with Crippen LogP contribution in [0.1, 0.15) is 0 Å². The van der Waals surface area contributed by atoms with E-state index in [4.69, 9.17) is 11.5 Å². The van der Waals surface area contributed by atoms with Gasteiger partial charge in [0, 0.05) is 48.0 Å². The summed E-state index contributed by atoms with van der Waals surface area (Å²) in [5, 5.41) is 42.8. The number of azo groups is 2. The average Bonchev–Trinajstić information content (AvgIpc) is 2.87. The topological polar surface area (TPSA) is 166 Å². The molecule has 4 rings (SSSR count). The number of rotatable bonds is 9. The van der Waals surface area contributed by atoms with Gasteiger partial charge in [0.1, 0.15) is 22.9 Å². The molecule has 0 heterocycles. The molecule has 0 spiro atoms. The van der Waals surface area contributed by atoms with Crippen LogP contribution in [0.2, 0.25) is 0 Å². The molecule has 4 aromatic carbocycles. The molecule has 182 valence electrons. The monoisotopic (exact) mass is 482 g/mol. The minimum Gasteiger partial charge on any atom is -0.506 e. The van der Waals surface area contributed by atoms with Gasteiger partial charge in [-0.2, -0.15) is 10.2 Å². The Kier molecular flexibility index (Phi) is 7.57. The summed E-state index contributed by atoms with van der Waals surface area (Å²) in [4.78, 5) is 0. The number of anilines is 4. The first kappa shape index (κ1) is 24.0. The maximum absolute atomic E-state index is 9.84. The Morgan fingerprint density at radius 1 is 0.528 bits per heavy atom. The van der Waals surface area contributed by atoms with Gasteiger partial charge in [-0.1, -0.05) is 0 Å². The number of hydrogen-bond donors (Lipinski definition) is 6. The molecule has 0 aliphatic carbocycles. The molecule has 0 bridgehead atoms. The maximum Gasteiger partial charge on any atom is 0.145 e. The van der Waals surface area contributed by atoms with Crippen LogP contribution >= 0.6 is 0 Å². The van der Waals surface area contributed by atoms with Crippen LogP contribution in [0.25, 0.3) is 0 Å². The lowest BCUT2D eigenvalue weighted by Crippen LogP contribution is -2.13. The molecule has 0 aliphatic rings. The van der Waals surface area contributed by atoms with E-state index in [1.807, 2.05) is 48.5 Å². The standard InChI is InChI=1S/C26H26N8O2/c27-17-1-11-23(25(35)15-17)33-31-21-7-3-19(4-8-21)29-13-14-30-20-5-9-22(10-6-20)32-34-24-12-2-18(28)16-26(24)36/h1-12,15-16,29-30,35-36H,13-14,27-28H2. The Morgan fingerprint density at radius 2 is 0.917 bits per heavy atom. The maximum atomic E-state index is 9.84. The van der Waals surface area contributed by atoms with Crippen molar-refractivity contribution in [2.45, 2.75) is 0 Å². The van der Waals surface area contributed by atoms with Crippen LogP contribution in [0.4, 0.5) is 45.5 Å². The fourth-order valence-electron chi connectivity index (χ4n) is 3.18. The molecule has 4 aromatic rings. The molecular weight excluding hydrogens is 456 g/mol. The largest absolute Gasteiger partial charge is 0.506 e. The lowest BCUT2D eigenvalue weighted by Gasteiger charge is -2.09. The van der Waals surface area contributed by atoms with Gasteiger partial charge in [-0.05, 0) is 72.8 Å². The molecule has 10 nitrogen and oxygen atoms in total. The van der Waals surface area contributed by atoms with Crippen molar-refractivity contribution in [2.24, 2.45) is 20.5 Å². The third-order valence-electron chi connectivity index (χ3n) is 5.06. The molecule has 0 atom stereocenters. The smallest absolute Gasteiger partial charge is 0.145 e. The first-order valence-corrected chi connectivity index (χ1v) is 11.1. The van der Waals surface area contributed by atoms with E-state index in [9.17, 15) is 10.2 Å². The first-order valence-electron chi connectivity index (χ1n) is 11.1. The number of aromatic hydroxyl groups is 2. The van der Waals surface area contributed by atoms with Crippen LogP contribution in [0.3, 0.4) is 0 Å². The van der Waals surface area contributed by atoms with Gasteiger partial charge >= 0.3 is 0 Å². The molecule has 8 N–H and O–H groups in total. The van der Waals surface area contributed by atoms with E-state index in [1.165, 1.54) is 12.1 Å². The van der Waals surface area contributed by atoms with Crippen LogP contribution in [0.15, 0.2) is 105 Å². The number of hydrogen-bond acceptors (Lipinski definition) is 10. The predicted molar refractivity (Wildman–Crippen MR) is 143 cm³/mol. The Hall–Kier alpha value is -5.12. The summed E-state index contributed by atoms with van der Waals surface area (Å²) in [5.74, 6) is -0.0240. The highest BCUT2D eigenvalue weighted by molar-refractivity contribution is 5.60. The second-order valence-electron chi connectivity index (χ2n) is 7.84. The van der Waals surface area contributed by atoms with Crippen molar-refractivity contribution in [1.29, 1.82) is 0 Å². The van der Waals surface area contributed by atoms with E-state index in [0.29, 0.717) is 47.2 Å². The van der Waals surface area contributed by atoms with Gasteiger partial charge in [-0.3, -0.25) is 0 Å². The number of phenols is 2. The summed E-state index contributed by atoms with van der Waals surface area (Å²) >= 11 is 0. The summed E-state index contributed by atoms with van der Waals surface area (Å²) in [6.07, 6.45) is 0. The average molecular weight is 483 g/mol. The second kappa shape index (κ2) is 11.3. The molecule has 0 amide bonds. The van der Waals surface area contributed by atoms with E-state index >= 15 is 0 Å². The van der Waals surface area contributed by atoms with Crippen molar-refractivity contribution in [3.8, 4) is 11.5 Å². The zero-order valence-electron chi connectivity index (χ0n) is 19.3. The van der Waals surface area contributed by atoms with E-state index in [2.05, 4.69) is 31.1 Å². The van der Waals surface area contributed by atoms with Gasteiger partial charge in [-0.15, -0.1) is 10.2 Å². The van der Waals surface area contributed by atoms with Crippen molar-refractivity contribution in [1.82, 2.24) is 0 Å². The van der Waals surface area contributed by atoms with Crippen molar-refractivity contribution < 1.29 is 10.2 Å². The number of nitrogens with zero attached hydrogens (tertiary/aromatic N) is 4. The van der Waals surface area contributed by atoms with Crippen LogP contribution in [-0.2, 0) is 0 Å². The SMILES string of the molecule is Nc1ccc(N=Nc2ccc(NCCNc3ccc(N=Nc4ccc(N)cc4O)cc3)cc2)c(O)c1. The summed E-state index contributed by atoms with van der Waals surface area (Å²) in [5.41, 5.74) is 16.1. The van der Waals surface area contributed by atoms with E-state index in [-0.39, 0.29) is 11.5 Å². The predicted octanol–water partition coefficient (Wildman–Crippen LogP) is 6.62. The Bertz CT molecular complexity index is 1260. The van der Waals surface area contributed by atoms with Crippen LogP contribution in [0, 0.1) is 0 Å². The third-order valence-corrected chi connectivity index (χ3v) is 5.06. The molecule has 0 unspecified atom stereocenters. The third kappa shape index (κ3) is 6.70. The first-order chi connectivity index (χ1) is 17.5. The minimum absolute atomic E-state index is 0.0120. The summed E-state index contributed by atoms with van der Waals surface area (Å²) in [6.45, 7) is 1.41. The van der Waals surface area contributed by atoms with E-state index in [0.717, 1.165) is 11.4 Å². The van der Waals surface area contributed by atoms with E-state index < -0.39 is 0 Å². The Labute approximate surface area is 208 Å². The highest BCUT2D eigenvalue weighted by Gasteiger charge is 2.01. The molecule has 0 fully saturated rings. The minimum atomic E-state index is -0.0120. The van der Waals surface area contributed by atoms with Gasteiger partial charge in [0.25, 0.3) is 0 Å². The molecule has 0 saturated heterocycles. The van der Waals surface area contributed by atoms with Gasteiger partial charge in [-0.25, -0.2) is 0 Å². The quantitative estimate of drug-likeness (QED) is 0.0891. The number of nitrogens with two attached hydrogens (primary N) is 2. The molecular formula is C26H26N8O2. The normalized spacial score (nSPS) is 11.2. The van der Waals surface area contributed by atoms with Crippen molar-refractivity contribution >= 4 is 45.5 Å². The molecule has 0 radical (unpaired) electrons. The Balaban J connectivity index is 1.22. The number of nitrogens with one attached hydrogen (secondary N) is 2. The second-order valence-corrected chi connectivity index (χ2v) is 7.84. The number of nitrogen functional groups attached to an aromatic ring is 2. The molecule has 10 heteroatoms. The highest BCUT2D eigenvalue weighted by atomic mass is 16.3. The Morgan fingerprint density at radius 3 is 1.28 bits per heavy atom. The summed E-state index contributed by atoms with van der Waals surface area (Å²) < 4.78 is 0. The van der Waals surface area contributed by atoms with Crippen molar-refractivity contribution in [2.75, 3.05) is 35.2 Å². The van der Waals surface area contributed by atoms with Crippen LogP contribution < -0.4 is 22.1 Å². The van der Waals surface area contributed by atoms with Crippen molar-refractivity contribution in [3.05, 3.63) is 84.9 Å². The van der Waals surface area contributed by atoms with Crippen molar-refractivity contribution in [3.63, 3.8) is 0 Å². The van der Waals surface area contributed by atoms with Gasteiger partial charge in [0.05, 0.1) is 11.4 Å². The van der Waals surface area contributed by atoms with Gasteiger partial charge in [0.15, 0.2) is 0 Å². The molecule has 36 heavy (non-hydrogen) atoms. The highest BCUT2D eigenvalue weighted by Crippen LogP contribution is 2.31. The lowest BCUT2D eigenvalue weighted by molar-refractivity contribution is 0.476.